The Hall–Kier alpha value is -6.78. The summed E-state index contributed by atoms with van der Waals surface area (Å²) in [5, 5.41) is 9.74. The number of rotatable bonds is 3. The maximum atomic E-state index is 5.35. The van der Waals surface area contributed by atoms with Crippen molar-refractivity contribution in [2.24, 2.45) is 0 Å². The molecule has 0 bridgehead atoms. The second-order valence-corrected chi connectivity index (χ2v) is 13.1. The van der Waals surface area contributed by atoms with Crippen LogP contribution in [0.15, 0.2) is 170 Å². The molecule has 3 aromatic heterocycles. The van der Waals surface area contributed by atoms with Gasteiger partial charge in [-0.05, 0) is 82.2 Å². The number of hydrogen-bond donors (Lipinski definition) is 0. The van der Waals surface area contributed by atoms with Gasteiger partial charge < -0.3 is 4.57 Å². The highest BCUT2D eigenvalue weighted by Crippen LogP contribution is 2.40. The lowest BCUT2D eigenvalue weighted by molar-refractivity contribution is 1.08. The molecule has 0 saturated carbocycles. The van der Waals surface area contributed by atoms with E-state index in [1.54, 1.807) is 0 Å². The Morgan fingerprint density at radius 3 is 1.58 bits per heavy atom. The number of nitrogens with zero attached hydrogens (tertiary/aromatic N) is 4. The smallest absolute Gasteiger partial charge is 0.165 e. The van der Waals surface area contributed by atoms with Crippen LogP contribution in [0.5, 0.6) is 0 Å². The van der Waals surface area contributed by atoms with Crippen LogP contribution in [0.4, 0.5) is 0 Å². The monoisotopic (exact) mass is 636 g/mol. The summed E-state index contributed by atoms with van der Waals surface area (Å²) in [5.41, 5.74) is 9.34. The van der Waals surface area contributed by atoms with E-state index in [-0.39, 0.29) is 0 Å². The Balaban J connectivity index is 1.26. The van der Waals surface area contributed by atoms with Gasteiger partial charge in [0.05, 0.1) is 33.1 Å². The van der Waals surface area contributed by atoms with E-state index in [0.29, 0.717) is 0 Å². The number of aromatic nitrogens is 4. The zero-order valence-corrected chi connectivity index (χ0v) is 27.0. The molecular weight excluding hydrogens is 609 g/mol. The zero-order chi connectivity index (χ0) is 32.8. The minimum Gasteiger partial charge on any atom is -0.309 e. The molecule has 11 rings (SSSR count). The number of hydrogen-bond acceptors (Lipinski definition) is 2. The van der Waals surface area contributed by atoms with Crippen LogP contribution in [0.25, 0.3) is 99.0 Å². The SMILES string of the molecule is c1ccc(-c2nc3ccccc3nc2-n2c3ccc(-n4c5ccccc5c5cc6ccccc6cc54)cc3c3cc4ccccc4cc32)cc1. The maximum Gasteiger partial charge on any atom is 0.165 e. The molecule has 0 radical (unpaired) electrons. The van der Waals surface area contributed by atoms with Crippen LogP contribution in [-0.4, -0.2) is 19.1 Å². The summed E-state index contributed by atoms with van der Waals surface area (Å²) < 4.78 is 4.74. The molecule has 0 aliphatic rings. The molecule has 0 aliphatic heterocycles. The van der Waals surface area contributed by atoms with Gasteiger partial charge in [-0.2, -0.15) is 0 Å². The van der Waals surface area contributed by atoms with Crippen molar-refractivity contribution in [3.63, 3.8) is 0 Å². The third-order valence-corrected chi connectivity index (χ3v) is 10.2. The molecule has 0 spiro atoms. The normalized spacial score (nSPS) is 12.0. The van der Waals surface area contributed by atoms with Crippen LogP contribution >= 0.6 is 0 Å². The van der Waals surface area contributed by atoms with Gasteiger partial charge in [-0.1, -0.05) is 109 Å². The molecule has 0 saturated heterocycles. The van der Waals surface area contributed by atoms with Gasteiger partial charge in [0.15, 0.2) is 5.82 Å². The lowest BCUT2D eigenvalue weighted by Gasteiger charge is -2.14. The van der Waals surface area contributed by atoms with Gasteiger partial charge in [0.1, 0.15) is 5.69 Å². The van der Waals surface area contributed by atoms with Gasteiger partial charge in [-0.3, -0.25) is 4.57 Å². The summed E-state index contributed by atoms with van der Waals surface area (Å²) in [7, 11) is 0. The van der Waals surface area contributed by atoms with Crippen molar-refractivity contribution in [2.75, 3.05) is 0 Å². The van der Waals surface area contributed by atoms with Crippen molar-refractivity contribution in [3.05, 3.63) is 170 Å². The zero-order valence-electron chi connectivity index (χ0n) is 27.0. The number of para-hydroxylation sites is 3. The van der Waals surface area contributed by atoms with Crippen LogP contribution < -0.4 is 0 Å². The van der Waals surface area contributed by atoms with Gasteiger partial charge in [0.2, 0.25) is 0 Å². The number of benzene rings is 8. The standard InChI is InChI=1S/C46H28N4/c1-2-12-29(13-3-1)45-46(48-40-20-10-9-19-39(40)47-45)50-42-23-22-34(28-38(42)37-25-31-15-5-7-17-33(31)27-44(37)50)49-41-21-11-8-18-35(41)36-24-30-14-4-6-16-32(30)26-43(36)49/h1-28H. The first-order valence-electron chi connectivity index (χ1n) is 17.0. The minimum absolute atomic E-state index is 0.821. The first kappa shape index (κ1) is 27.2. The Kier molecular flexibility index (Phi) is 5.63. The maximum absolute atomic E-state index is 5.35. The van der Waals surface area contributed by atoms with Crippen LogP contribution in [0.3, 0.4) is 0 Å². The Labute approximate surface area is 287 Å². The Morgan fingerprint density at radius 2 is 0.860 bits per heavy atom. The van der Waals surface area contributed by atoms with Gasteiger partial charge in [0, 0.05) is 32.8 Å². The highest BCUT2D eigenvalue weighted by molar-refractivity contribution is 6.16. The van der Waals surface area contributed by atoms with Crippen molar-refractivity contribution < 1.29 is 0 Å². The second kappa shape index (κ2) is 10.4. The van der Waals surface area contributed by atoms with Crippen molar-refractivity contribution in [2.45, 2.75) is 0 Å². The van der Waals surface area contributed by atoms with Crippen LogP contribution in [0.1, 0.15) is 0 Å². The number of fused-ring (bicyclic) bond motifs is 9. The van der Waals surface area contributed by atoms with Gasteiger partial charge in [-0.15, -0.1) is 0 Å². The summed E-state index contributed by atoms with van der Waals surface area (Å²) in [4.78, 5) is 10.6. The molecule has 0 fully saturated rings. The van der Waals surface area contributed by atoms with Gasteiger partial charge in [-0.25, -0.2) is 9.97 Å². The van der Waals surface area contributed by atoms with Gasteiger partial charge in [0.25, 0.3) is 0 Å². The van der Waals surface area contributed by atoms with E-state index in [1.165, 1.54) is 54.1 Å². The van der Waals surface area contributed by atoms with E-state index in [0.717, 1.165) is 44.8 Å². The molecule has 4 nitrogen and oxygen atoms in total. The third-order valence-electron chi connectivity index (χ3n) is 10.2. The molecular formula is C46H28N4. The van der Waals surface area contributed by atoms with Crippen LogP contribution in [0, 0.1) is 0 Å². The molecule has 0 aliphatic carbocycles. The molecule has 3 heterocycles. The molecule has 0 unspecified atom stereocenters. The molecule has 232 valence electrons. The largest absolute Gasteiger partial charge is 0.309 e. The van der Waals surface area contributed by atoms with E-state index >= 15 is 0 Å². The van der Waals surface area contributed by atoms with Crippen LogP contribution in [0.2, 0.25) is 0 Å². The van der Waals surface area contributed by atoms with Crippen LogP contribution in [-0.2, 0) is 0 Å². The van der Waals surface area contributed by atoms with E-state index < -0.39 is 0 Å². The fourth-order valence-corrected chi connectivity index (χ4v) is 7.93. The van der Waals surface area contributed by atoms with Crippen molar-refractivity contribution in [3.8, 4) is 22.8 Å². The lowest BCUT2D eigenvalue weighted by atomic mass is 10.1. The quantitative estimate of drug-likeness (QED) is 0.193. The first-order valence-corrected chi connectivity index (χ1v) is 17.0. The molecule has 11 aromatic rings. The van der Waals surface area contributed by atoms with Crippen molar-refractivity contribution in [1.82, 2.24) is 19.1 Å². The molecule has 8 aromatic carbocycles. The van der Waals surface area contributed by atoms with E-state index in [9.17, 15) is 0 Å². The Bertz CT molecular complexity index is 3150. The van der Waals surface area contributed by atoms with Gasteiger partial charge >= 0.3 is 0 Å². The minimum atomic E-state index is 0.821. The lowest BCUT2D eigenvalue weighted by Crippen LogP contribution is -2.03. The molecule has 4 heteroatoms. The summed E-state index contributed by atoms with van der Waals surface area (Å²) in [6.45, 7) is 0. The third kappa shape index (κ3) is 3.93. The van der Waals surface area contributed by atoms with E-state index in [2.05, 4.69) is 149 Å². The predicted octanol–water partition coefficient (Wildman–Crippen LogP) is 11.8. The fourth-order valence-electron chi connectivity index (χ4n) is 7.93. The summed E-state index contributed by atoms with van der Waals surface area (Å²) >= 11 is 0. The van der Waals surface area contributed by atoms with Crippen molar-refractivity contribution >= 4 is 76.2 Å². The average molecular weight is 637 g/mol. The van der Waals surface area contributed by atoms with E-state index in [4.69, 9.17) is 9.97 Å². The predicted molar refractivity (Wildman–Crippen MR) is 209 cm³/mol. The fraction of sp³-hybridized carbons (Fsp3) is 0. The first-order chi connectivity index (χ1) is 24.8. The molecule has 0 amide bonds. The average Bonchev–Trinajstić information content (AvgIpc) is 3.67. The summed E-state index contributed by atoms with van der Waals surface area (Å²) in [6, 6.07) is 60.8. The molecule has 50 heavy (non-hydrogen) atoms. The second-order valence-electron chi connectivity index (χ2n) is 13.1. The molecule has 0 atom stereocenters. The Morgan fingerprint density at radius 1 is 0.340 bits per heavy atom. The summed E-state index contributed by atoms with van der Waals surface area (Å²) in [5.74, 6) is 0.821. The van der Waals surface area contributed by atoms with Crippen molar-refractivity contribution in [1.29, 1.82) is 0 Å². The highest BCUT2D eigenvalue weighted by Gasteiger charge is 2.21. The topological polar surface area (TPSA) is 35.6 Å². The molecule has 0 N–H and O–H groups in total. The summed E-state index contributed by atoms with van der Waals surface area (Å²) in [6.07, 6.45) is 0. The van der Waals surface area contributed by atoms with E-state index in [1.807, 2.05) is 30.3 Å². The highest BCUT2D eigenvalue weighted by atomic mass is 15.1.